The van der Waals surface area contributed by atoms with Gasteiger partial charge in [0.25, 0.3) is 0 Å². The molecular formula is C19H29ClN4O2. The zero-order valence-corrected chi connectivity index (χ0v) is 16.5. The molecule has 1 aromatic carbocycles. The van der Waals surface area contributed by atoms with Crippen LogP contribution in [0.25, 0.3) is 0 Å². The van der Waals surface area contributed by atoms with Crippen molar-refractivity contribution in [1.82, 2.24) is 20.0 Å². The fourth-order valence-corrected chi connectivity index (χ4v) is 3.02. The number of piperazine rings is 1. The second kappa shape index (κ2) is 10.5. The predicted octanol–water partition coefficient (Wildman–Crippen LogP) is 1.44. The Morgan fingerprint density at radius 1 is 1.12 bits per heavy atom. The van der Waals surface area contributed by atoms with Crippen molar-refractivity contribution in [2.24, 2.45) is 0 Å². The molecule has 26 heavy (non-hydrogen) atoms. The molecule has 0 bridgehead atoms. The fourth-order valence-electron chi connectivity index (χ4n) is 2.89. The molecular weight excluding hydrogens is 352 g/mol. The summed E-state index contributed by atoms with van der Waals surface area (Å²) in [5, 5.41) is 3.55. The molecule has 7 heteroatoms. The van der Waals surface area contributed by atoms with Gasteiger partial charge in [0, 0.05) is 51.3 Å². The minimum Gasteiger partial charge on any atom is -0.355 e. The molecule has 0 unspecified atom stereocenters. The van der Waals surface area contributed by atoms with Crippen LogP contribution >= 0.6 is 11.6 Å². The molecule has 0 radical (unpaired) electrons. The summed E-state index contributed by atoms with van der Waals surface area (Å²) in [6, 6.07) is 7.93. The van der Waals surface area contributed by atoms with Crippen molar-refractivity contribution in [3.8, 4) is 0 Å². The van der Waals surface area contributed by atoms with Crippen LogP contribution in [0.4, 0.5) is 0 Å². The largest absolute Gasteiger partial charge is 0.355 e. The molecule has 1 heterocycles. The highest BCUT2D eigenvalue weighted by Gasteiger charge is 2.21. The van der Waals surface area contributed by atoms with Gasteiger partial charge in [-0.05, 0) is 24.1 Å². The molecule has 0 saturated carbocycles. The van der Waals surface area contributed by atoms with Crippen LogP contribution < -0.4 is 5.32 Å². The van der Waals surface area contributed by atoms with Crippen LogP contribution in [0.1, 0.15) is 18.9 Å². The fraction of sp³-hybridized carbons (Fsp3) is 0.579. The number of rotatable bonds is 8. The molecule has 0 aromatic heterocycles. The van der Waals surface area contributed by atoms with Crippen LogP contribution in [0.3, 0.4) is 0 Å². The molecule has 1 aromatic rings. The third kappa shape index (κ3) is 6.94. The normalized spacial score (nSPS) is 15.7. The number of amides is 2. The lowest BCUT2D eigenvalue weighted by Gasteiger charge is -2.35. The van der Waals surface area contributed by atoms with Crippen molar-refractivity contribution in [2.45, 2.75) is 19.9 Å². The second-order valence-corrected chi connectivity index (χ2v) is 7.21. The summed E-state index contributed by atoms with van der Waals surface area (Å²) in [5.41, 5.74) is 1.25. The van der Waals surface area contributed by atoms with E-state index in [9.17, 15) is 9.59 Å². The zero-order chi connectivity index (χ0) is 18.9. The summed E-state index contributed by atoms with van der Waals surface area (Å²) in [6.45, 7) is 7.61. The van der Waals surface area contributed by atoms with Gasteiger partial charge in [-0.25, -0.2) is 0 Å². The van der Waals surface area contributed by atoms with E-state index in [1.165, 1.54) is 10.5 Å². The van der Waals surface area contributed by atoms with E-state index in [1.807, 2.05) is 19.1 Å². The number of carbonyl (C=O) groups excluding carboxylic acids is 2. The maximum absolute atomic E-state index is 12.3. The van der Waals surface area contributed by atoms with E-state index < -0.39 is 0 Å². The van der Waals surface area contributed by atoms with Crippen molar-refractivity contribution >= 4 is 23.4 Å². The van der Waals surface area contributed by atoms with Gasteiger partial charge in [-0.1, -0.05) is 30.7 Å². The molecule has 1 aliphatic heterocycles. The highest BCUT2D eigenvalue weighted by Crippen LogP contribution is 2.13. The maximum Gasteiger partial charge on any atom is 0.239 e. The lowest BCUT2D eigenvalue weighted by atomic mass is 10.2. The molecule has 1 aliphatic rings. The number of likely N-dealkylation sites (N-methyl/N-ethyl adjacent to an activating group) is 1. The maximum atomic E-state index is 12.3. The molecule has 144 valence electrons. The van der Waals surface area contributed by atoms with Crippen LogP contribution in [0, 0.1) is 0 Å². The van der Waals surface area contributed by atoms with E-state index in [-0.39, 0.29) is 18.4 Å². The first-order valence-electron chi connectivity index (χ1n) is 9.17. The van der Waals surface area contributed by atoms with Crippen LogP contribution in [0.15, 0.2) is 24.3 Å². The minimum atomic E-state index is -0.101. The van der Waals surface area contributed by atoms with Gasteiger partial charge in [0.1, 0.15) is 0 Å². The minimum absolute atomic E-state index is 0.0113. The van der Waals surface area contributed by atoms with Crippen molar-refractivity contribution in [3.05, 3.63) is 34.9 Å². The molecule has 0 atom stereocenters. The Balaban J connectivity index is 1.69. The van der Waals surface area contributed by atoms with Crippen LogP contribution in [0.5, 0.6) is 0 Å². The first-order chi connectivity index (χ1) is 12.5. The van der Waals surface area contributed by atoms with Gasteiger partial charge in [-0.3, -0.25) is 19.4 Å². The first-order valence-corrected chi connectivity index (χ1v) is 9.55. The molecule has 0 aliphatic carbocycles. The molecule has 1 fully saturated rings. The average molecular weight is 381 g/mol. The second-order valence-electron chi connectivity index (χ2n) is 6.78. The third-order valence-corrected chi connectivity index (χ3v) is 4.77. The van der Waals surface area contributed by atoms with E-state index in [1.54, 1.807) is 7.05 Å². The number of hydrogen-bond donors (Lipinski definition) is 1. The SMILES string of the molecule is CCCNC(=O)CN(C)C(=O)CN1CCN(Cc2ccc(Cl)cc2)CC1. The number of benzene rings is 1. The summed E-state index contributed by atoms with van der Waals surface area (Å²) in [5.74, 6) is -0.113. The van der Waals surface area contributed by atoms with Crippen LogP contribution in [0.2, 0.25) is 5.02 Å². The number of carbonyl (C=O) groups is 2. The van der Waals surface area contributed by atoms with Gasteiger partial charge in [-0.15, -0.1) is 0 Å². The highest BCUT2D eigenvalue weighted by atomic mass is 35.5. The quantitative estimate of drug-likeness (QED) is 0.741. The van der Waals surface area contributed by atoms with Gasteiger partial charge in [0.05, 0.1) is 13.1 Å². The molecule has 0 spiro atoms. The predicted molar refractivity (Wildman–Crippen MR) is 104 cm³/mol. The number of nitrogens with one attached hydrogen (secondary N) is 1. The molecule has 2 amide bonds. The Labute approximate surface area is 161 Å². The number of halogens is 1. The Bertz CT molecular complexity index is 586. The van der Waals surface area contributed by atoms with Gasteiger partial charge in [0.2, 0.25) is 11.8 Å². The van der Waals surface area contributed by atoms with Crippen molar-refractivity contribution < 1.29 is 9.59 Å². The van der Waals surface area contributed by atoms with Crippen LogP contribution in [-0.2, 0) is 16.1 Å². The van der Waals surface area contributed by atoms with E-state index in [2.05, 4.69) is 27.2 Å². The lowest BCUT2D eigenvalue weighted by Crippen LogP contribution is -2.50. The third-order valence-electron chi connectivity index (χ3n) is 4.52. The van der Waals surface area contributed by atoms with Gasteiger partial charge < -0.3 is 10.2 Å². The molecule has 6 nitrogen and oxygen atoms in total. The monoisotopic (exact) mass is 380 g/mol. The summed E-state index contributed by atoms with van der Waals surface area (Å²) in [4.78, 5) is 30.1. The topological polar surface area (TPSA) is 55.9 Å². The Hall–Kier alpha value is -1.63. The molecule has 1 N–H and O–H groups in total. The Morgan fingerprint density at radius 3 is 2.35 bits per heavy atom. The van der Waals surface area contributed by atoms with Crippen LogP contribution in [-0.4, -0.2) is 79.4 Å². The van der Waals surface area contributed by atoms with Crippen molar-refractivity contribution in [3.63, 3.8) is 0 Å². The highest BCUT2D eigenvalue weighted by molar-refractivity contribution is 6.30. The summed E-state index contributed by atoms with van der Waals surface area (Å²) in [6.07, 6.45) is 0.893. The van der Waals surface area contributed by atoms with Gasteiger partial charge >= 0.3 is 0 Å². The lowest BCUT2D eigenvalue weighted by molar-refractivity contribution is -0.136. The van der Waals surface area contributed by atoms with Crippen molar-refractivity contribution in [2.75, 3.05) is 52.9 Å². The zero-order valence-electron chi connectivity index (χ0n) is 15.7. The summed E-state index contributed by atoms with van der Waals surface area (Å²) < 4.78 is 0. The number of hydrogen-bond acceptors (Lipinski definition) is 4. The molecule has 2 rings (SSSR count). The van der Waals surface area contributed by atoms with Gasteiger partial charge in [0.15, 0.2) is 0 Å². The van der Waals surface area contributed by atoms with Crippen molar-refractivity contribution in [1.29, 1.82) is 0 Å². The summed E-state index contributed by atoms with van der Waals surface area (Å²) in [7, 11) is 1.69. The van der Waals surface area contributed by atoms with E-state index in [0.29, 0.717) is 13.1 Å². The van der Waals surface area contributed by atoms with Gasteiger partial charge in [-0.2, -0.15) is 0 Å². The Morgan fingerprint density at radius 2 is 1.73 bits per heavy atom. The first kappa shape index (κ1) is 20.7. The van der Waals surface area contributed by atoms with E-state index in [4.69, 9.17) is 11.6 Å². The summed E-state index contributed by atoms with van der Waals surface area (Å²) >= 11 is 5.92. The Kier molecular flexibility index (Phi) is 8.35. The average Bonchev–Trinajstić information content (AvgIpc) is 2.63. The standard InChI is InChI=1S/C19H29ClN4O2/c1-3-8-21-18(25)14-22(2)19(26)15-24-11-9-23(10-12-24)13-16-4-6-17(20)7-5-16/h4-7H,3,8-15H2,1-2H3,(H,21,25). The number of nitrogens with zero attached hydrogens (tertiary/aromatic N) is 3. The van der Waals surface area contributed by atoms with E-state index in [0.717, 1.165) is 44.2 Å². The molecule has 1 saturated heterocycles. The smallest absolute Gasteiger partial charge is 0.239 e. The van der Waals surface area contributed by atoms with E-state index >= 15 is 0 Å².